The zero-order valence-electron chi connectivity index (χ0n) is 7.75. The Labute approximate surface area is 87.9 Å². The molecule has 1 aromatic rings. The SMILES string of the molecule is N#Cc1cc(CO)c(N)c(OC(F)(F)F)n1. The van der Waals surface area contributed by atoms with Crippen LogP contribution in [0.15, 0.2) is 6.07 Å². The lowest BCUT2D eigenvalue weighted by Gasteiger charge is -2.12. The quantitative estimate of drug-likeness (QED) is 0.792. The van der Waals surface area contributed by atoms with Gasteiger partial charge in [-0.2, -0.15) is 5.26 Å². The van der Waals surface area contributed by atoms with Crippen LogP contribution >= 0.6 is 0 Å². The Hall–Kier alpha value is -2.01. The third-order valence-electron chi connectivity index (χ3n) is 1.61. The standard InChI is InChI=1S/C8H6F3N3O2/c9-8(10,11)16-7-6(13)4(3-15)1-5(2-12)14-7/h1,15H,3,13H2. The highest BCUT2D eigenvalue weighted by molar-refractivity contribution is 5.56. The summed E-state index contributed by atoms with van der Waals surface area (Å²) >= 11 is 0. The second-order valence-electron chi connectivity index (χ2n) is 2.70. The average molecular weight is 233 g/mol. The fourth-order valence-electron chi connectivity index (χ4n) is 0.958. The highest BCUT2D eigenvalue weighted by Gasteiger charge is 2.33. The number of aromatic nitrogens is 1. The number of alkyl halides is 3. The average Bonchev–Trinajstić information content (AvgIpc) is 2.19. The number of ether oxygens (including phenoxy) is 1. The van der Waals surface area contributed by atoms with Gasteiger partial charge in [0.25, 0.3) is 0 Å². The lowest BCUT2D eigenvalue weighted by Crippen LogP contribution is -2.19. The van der Waals surface area contributed by atoms with Crippen LogP contribution in [0.25, 0.3) is 0 Å². The van der Waals surface area contributed by atoms with Crippen LogP contribution in [0.1, 0.15) is 11.3 Å². The fraction of sp³-hybridized carbons (Fsp3) is 0.250. The van der Waals surface area contributed by atoms with Crippen molar-refractivity contribution in [2.24, 2.45) is 0 Å². The highest BCUT2D eigenvalue weighted by atomic mass is 19.4. The Morgan fingerprint density at radius 3 is 2.62 bits per heavy atom. The minimum absolute atomic E-state index is 0.0502. The van der Waals surface area contributed by atoms with Crippen LogP contribution in [0, 0.1) is 11.3 Å². The van der Waals surface area contributed by atoms with E-state index >= 15 is 0 Å². The number of nitrogens with two attached hydrogens (primary N) is 1. The minimum Gasteiger partial charge on any atom is -0.394 e. The van der Waals surface area contributed by atoms with Gasteiger partial charge in [-0.1, -0.05) is 0 Å². The van der Waals surface area contributed by atoms with Gasteiger partial charge in [-0.3, -0.25) is 0 Å². The van der Waals surface area contributed by atoms with E-state index in [1.165, 1.54) is 6.07 Å². The molecule has 5 nitrogen and oxygen atoms in total. The number of pyridine rings is 1. The maximum Gasteiger partial charge on any atom is 0.574 e. The van der Waals surface area contributed by atoms with Crippen molar-refractivity contribution in [3.05, 3.63) is 17.3 Å². The molecule has 8 heteroatoms. The van der Waals surface area contributed by atoms with Crippen molar-refractivity contribution in [2.45, 2.75) is 13.0 Å². The second kappa shape index (κ2) is 4.24. The summed E-state index contributed by atoms with van der Waals surface area (Å²) in [7, 11) is 0. The third kappa shape index (κ3) is 2.74. The molecule has 0 aliphatic rings. The monoisotopic (exact) mass is 233 g/mol. The summed E-state index contributed by atoms with van der Waals surface area (Å²) in [5.41, 5.74) is 4.45. The number of nitrogen functional groups attached to an aromatic ring is 1. The summed E-state index contributed by atoms with van der Waals surface area (Å²) in [6.45, 7) is -0.614. The van der Waals surface area contributed by atoms with E-state index in [0.29, 0.717) is 0 Å². The van der Waals surface area contributed by atoms with E-state index < -0.39 is 24.5 Å². The Morgan fingerprint density at radius 1 is 1.56 bits per heavy atom. The smallest absolute Gasteiger partial charge is 0.394 e. The molecule has 0 amide bonds. The highest BCUT2D eigenvalue weighted by Crippen LogP contribution is 2.29. The first kappa shape index (κ1) is 12.1. The first-order valence-electron chi connectivity index (χ1n) is 3.93. The van der Waals surface area contributed by atoms with E-state index in [2.05, 4.69) is 9.72 Å². The summed E-state index contributed by atoms with van der Waals surface area (Å²) in [5, 5.41) is 17.3. The molecule has 16 heavy (non-hydrogen) atoms. The number of hydrogen-bond acceptors (Lipinski definition) is 5. The van der Waals surface area contributed by atoms with Crippen molar-refractivity contribution < 1.29 is 23.0 Å². The molecule has 86 valence electrons. The van der Waals surface area contributed by atoms with Gasteiger partial charge >= 0.3 is 6.36 Å². The van der Waals surface area contributed by atoms with Gasteiger partial charge in [0.15, 0.2) is 0 Å². The Kier molecular flexibility index (Phi) is 3.20. The molecule has 0 aliphatic carbocycles. The molecule has 1 heterocycles. The van der Waals surface area contributed by atoms with Gasteiger partial charge in [-0.15, -0.1) is 13.2 Å². The lowest BCUT2D eigenvalue weighted by molar-refractivity contribution is -0.275. The van der Waals surface area contributed by atoms with Crippen LogP contribution in [0.5, 0.6) is 5.88 Å². The zero-order chi connectivity index (χ0) is 12.3. The van der Waals surface area contributed by atoms with E-state index in [9.17, 15) is 13.2 Å². The number of aliphatic hydroxyl groups is 1. The molecule has 0 aromatic carbocycles. The molecule has 0 saturated carbocycles. The molecule has 1 aromatic heterocycles. The summed E-state index contributed by atoms with van der Waals surface area (Å²) in [6.07, 6.45) is -4.96. The van der Waals surface area contributed by atoms with E-state index in [1.807, 2.05) is 0 Å². The van der Waals surface area contributed by atoms with E-state index in [-0.39, 0.29) is 11.3 Å². The van der Waals surface area contributed by atoms with E-state index in [0.717, 1.165) is 6.07 Å². The molecule has 1 rings (SSSR count). The van der Waals surface area contributed by atoms with Crippen molar-refractivity contribution in [1.82, 2.24) is 4.98 Å². The van der Waals surface area contributed by atoms with Crippen molar-refractivity contribution in [3.63, 3.8) is 0 Å². The number of halogens is 3. The van der Waals surface area contributed by atoms with Gasteiger partial charge in [0.2, 0.25) is 5.88 Å². The predicted molar refractivity (Wildman–Crippen MR) is 46.0 cm³/mol. The molecule has 0 spiro atoms. The predicted octanol–water partition coefficient (Wildman–Crippen LogP) is 0.926. The summed E-state index contributed by atoms with van der Waals surface area (Å²) in [5.74, 6) is -0.935. The van der Waals surface area contributed by atoms with Gasteiger partial charge in [0.05, 0.1) is 6.61 Å². The number of rotatable bonds is 2. The van der Waals surface area contributed by atoms with Gasteiger partial charge in [-0.05, 0) is 6.07 Å². The van der Waals surface area contributed by atoms with Crippen molar-refractivity contribution in [1.29, 1.82) is 5.26 Å². The molecule has 0 unspecified atom stereocenters. The Bertz CT molecular complexity index is 439. The molecule has 0 atom stereocenters. The van der Waals surface area contributed by atoms with Gasteiger partial charge in [0.1, 0.15) is 17.5 Å². The lowest BCUT2D eigenvalue weighted by atomic mass is 10.2. The summed E-state index contributed by atoms with van der Waals surface area (Å²) < 4.78 is 39.3. The first-order valence-corrected chi connectivity index (χ1v) is 3.93. The zero-order valence-corrected chi connectivity index (χ0v) is 7.75. The summed E-state index contributed by atoms with van der Waals surface area (Å²) in [6, 6.07) is 2.61. The minimum atomic E-state index is -4.96. The van der Waals surface area contributed by atoms with Crippen molar-refractivity contribution in [3.8, 4) is 11.9 Å². The molecule has 0 aliphatic heterocycles. The fourth-order valence-corrected chi connectivity index (χ4v) is 0.958. The van der Waals surface area contributed by atoms with Crippen molar-refractivity contribution in [2.75, 3.05) is 5.73 Å². The number of nitriles is 1. The second-order valence-corrected chi connectivity index (χ2v) is 2.70. The molecular weight excluding hydrogens is 227 g/mol. The van der Waals surface area contributed by atoms with Gasteiger partial charge < -0.3 is 15.6 Å². The topological polar surface area (TPSA) is 92.2 Å². The summed E-state index contributed by atoms with van der Waals surface area (Å²) in [4.78, 5) is 3.25. The van der Waals surface area contributed by atoms with E-state index in [4.69, 9.17) is 16.1 Å². The number of aliphatic hydroxyl groups excluding tert-OH is 1. The molecule has 0 bridgehead atoms. The van der Waals surface area contributed by atoms with Crippen LogP contribution in [0.3, 0.4) is 0 Å². The number of anilines is 1. The van der Waals surface area contributed by atoms with Gasteiger partial charge in [0, 0.05) is 5.56 Å². The molecule has 0 radical (unpaired) electrons. The molecule has 0 fully saturated rings. The number of hydrogen-bond donors (Lipinski definition) is 2. The Balaban J connectivity index is 3.23. The first-order chi connectivity index (χ1) is 7.37. The molecular formula is C8H6F3N3O2. The van der Waals surface area contributed by atoms with E-state index in [1.54, 1.807) is 0 Å². The maximum atomic E-state index is 11.9. The van der Waals surface area contributed by atoms with Crippen LogP contribution < -0.4 is 10.5 Å². The number of nitrogens with zero attached hydrogens (tertiary/aromatic N) is 2. The van der Waals surface area contributed by atoms with Crippen LogP contribution in [0.4, 0.5) is 18.9 Å². The molecule has 3 N–H and O–H groups in total. The maximum absolute atomic E-state index is 11.9. The van der Waals surface area contributed by atoms with Crippen LogP contribution in [0.2, 0.25) is 0 Å². The third-order valence-corrected chi connectivity index (χ3v) is 1.61. The Morgan fingerprint density at radius 2 is 2.19 bits per heavy atom. The largest absolute Gasteiger partial charge is 0.574 e. The van der Waals surface area contributed by atoms with Crippen molar-refractivity contribution >= 4 is 5.69 Å². The van der Waals surface area contributed by atoms with Gasteiger partial charge in [-0.25, -0.2) is 4.98 Å². The molecule has 0 saturated heterocycles. The normalized spacial score (nSPS) is 10.9. The van der Waals surface area contributed by atoms with Crippen LogP contribution in [-0.2, 0) is 6.61 Å². The van der Waals surface area contributed by atoms with Crippen LogP contribution in [-0.4, -0.2) is 16.5 Å².